The van der Waals surface area contributed by atoms with E-state index in [2.05, 4.69) is 12.2 Å². The fourth-order valence-electron chi connectivity index (χ4n) is 2.67. The minimum Gasteiger partial charge on any atom is -0.381 e. The highest BCUT2D eigenvalue weighted by molar-refractivity contribution is 5.35. The molecule has 5 heteroatoms. The van der Waals surface area contributed by atoms with E-state index in [1.54, 1.807) is 19.2 Å². The van der Waals surface area contributed by atoms with Crippen molar-refractivity contribution in [3.63, 3.8) is 0 Å². The van der Waals surface area contributed by atoms with Gasteiger partial charge >= 0.3 is 0 Å². The van der Waals surface area contributed by atoms with Crippen molar-refractivity contribution in [3.05, 3.63) is 39.9 Å². The molecular formula is C15H22N2O3. The number of methoxy groups -OCH3 is 1. The highest BCUT2D eigenvalue weighted by Crippen LogP contribution is 2.29. The first kappa shape index (κ1) is 14.9. The molecule has 1 aromatic carbocycles. The van der Waals surface area contributed by atoms with E-state index in [1.165, 1.54) is 6.07 Å². The summed E-state index contributed by atoms with van der Waals surface area (Å²) in [6, 6.07) is 7.58. The molecule has 110 valence electrons. The number of nitrogens with one attached hydrogen (secondary N) is 1. The number of nitro groups is 1. The summed E-state index contributed by atoms with van der Waals surface area (Å²) in [6.07, 6.45) is 4.42. The molecule has 1 fully saturated rings. The second kappa shape index (κ2) is 6.81. The first-order valence-corrected chi connectivity index (χ1v) is 7.17. The maximum absolute atomic E-state index is 10.9. The van der Waals surface area contributed by atoms with Gasteiger partial charge in [0.15, 0.2) is 0 Å². The van der Waals surface area contributed by atoms with Crippen molar-refractivity contribution in [2.45, 2.75) is 50.8 Å². The second-order valence-corrected chi connectivity index (χ2v) is 5.39. The molecule has 1 aliphatic carbocycles. The average molecular weight is 278 g/mol. The zero-order valence-electron chi connectivity index (χ0n) is 12.0. The van der Waals surface area contributed by atoms with Crippen LogP contribution in [0.2, 0.25) is 0 Å². The monoisotopic (exact) mass is 278 g/mol. The molecule has 0 heterocycles. The molecule has 1 atom stereocenters. The van der Waals surface area contributed by atoms with Crippen molar-refractivity contribution >= 4 is 5.69 Å². The van der Waals surface area contributed by atoms with Crippen molar-refractivity contribution in [1.82, 2.24) is 5.32 Å². The summed E-state index contributed by atoms with van der Waals surface area (Å²) in [5.74, 6) is 0. The van der Waals surface area contributed by atoms with E-state index >= 15 is 0 Å². The van der Waals surface area contributed by atoms with Crippen molar-refractivity contribution < 1.29 is 9.66 Å². The van der Waals surface area contributed by atoms with Gasteiger partial charge in [-0.3, -0.25) is 10.1 Å². The van der Waals surface area contributed by atoms with Crippen LogP contribution in [0.25, 0.3) is 0 Å². The molecule has 0 amide bonds. The summed E-state index contributed by atoms with van der Waals surface area (Å²) >= 11 is 0. The average Bonchev–Trinajstić information content (AvgIpc) is 2.41. The van der Waals surface area contributed by atoms with Crippen LogP contribution in [0.1, 0.15) is 44.2 Å². The number of benzene rings is 1. The lowest BCUT2D eigenvalue weighted by molar-refractivity contribution is -0.384. The summed E-state index contributed by atoms with van der Waals surface area (Å²) < 4.78 is 5.28. The van der Waals surface area contributed by atoms with E-state index in [9.17, 15) is 10.1 Å². The zero-order chi connectivity index (χ0) is 14.5. The van der Waals surface area contributed by atoms with Crippen LogP contribution in [0, 0.1) is 10.1 Å². The molecule has 20 heavy (non-hydrogen) atoms. The smallest absolute Gasteiger partial charge is 0.269 e. The van der Waals surface area contributed by atoms with Gasteiger partial charge in [0.2, 0.25) is 0 Å². The second-order valence-electron chi connectivity index (χ2n) is 5.39. The largest absolute Gasteiger partial charge is 0.381 e. The molecule has 0 bridgehead atoms. The lowest BCUT2D eigenvalue weighted by atomic mass is 9.87. The maximum Gasteiger partial charge on any atom is 0.269 e. The fraction of sp³-hybridized carbons (Fsp3) is 0.600. The van der Waals surface area contributed by atoms with Crippen LogP contribution in [-0.4, -0.2) is 24.2 Å². The number of rotatable bonds is 7. The van der Waals surface area contributed by atoms with Crippen LogP contribution >= 0.6 is 0 Å². The van der Waals surface area contributed by atoms with Gasteiger partial charge in [-0.1, -0.05) is 25.5 Å². The van der Waals surface area contributed by atoms with E-state index in [0.717, 1.165) is 31.2 Å². The third kappa shape index (κ3) is 3.55. The van der Waals surface area contributed by atoms with Gasteiger partial charge in [0.05, 0.1) is 11.0 Å². The Bertz CT molecular complexity index is 458. The Kier molecular flexibility index (Phi) is 5.09. The Balaban J connectivity index is 2.04. The van der Waals surface area contributed by atoms with Crippen LogP contribution in [0.15, 0.2) is 24.3 Å². The van der Waals surface area contributed by atoms with Crippen LogP contribution < -0.4 is 5.32 Å². The van der Waals surface area contributed by atoms with Gasteiger partial charge in [-0.05, 0) is 24.8 Å². The van der Waals surface area contributed by atoms with Gasteiger partial charge in [-0.25, -0.2) is 0 Å². The first-order valence-electron chi connectivity index (χ1n) is 7.17. The maximum atomic E-state index is 10.9. The summed E-state index contributed by atoms with van der Waals surface area (Å²) in [5.41, 5.74) is 1.16. The molecule has 5 nitrogen and oxygen atoms in total. The van der Waals surface area contributed by atoms with Gasteiger partial charge in [0.25, 0.3) is 5.69 Å². The molecule has 1 aliphatic rings. The Morgan fingerprint density at radius 3 is 2.85 bits per heavy atom. The van der Waals surface area contributed by atoms with E-state index in [4.69, 9.17) is 4.74 Å². The molecule has 0 saturated heterocycles. The summed E-state index contributed by atoms with van der Waals surface area (Å²) in [6.45, 7) is 2.13. The lowest BCUT2D eigenvalue weighted by Gasteiger charge is -2.37. The first-order chi connectivity index (χ1) is 9.63. The van der Waals surface area contributed by atoms with Crippen LogP contribution in [0.5, 0.6) is 0 Å². The number of hydrogen-bond donors (Lipinski definition) is 1. The Morgan fingerprint density at radius 2 is 2.25 bits per heavy atom. The van der Waals surface area contributed by atoms with Crippen molar-refractivity contribution in [1.29, 1.82) is 0 Å². The van der Waals surface area contributed by atoms with Gasteiger partial charge in [-0.2, -0.15) is 0 Å². The normalized spacial score (nSPS) is 23.1. The molecule has 1 unspecified atom stereocenters. The Morgan fingerprint density at radius 1 is 1.50 bits per heavy atom. The van der Waals surface area contributed by atoms with Gasteiger partial charge < -0.3 is 10.1 Å². The number of nitro benzene ring substituents is 1. The third-order valence-electron chi connectivity index (χ3n) is 3.93. The van der Waals surface area contributed by atoms with Crippen molar-refractivity contribution in [2.24, 2.45) is 0 Å². The summed E-state index contributed by atoms with van der Waals surface area (Å²) in [5, 5.41) is 14.5. The fourth-order valence-corrected chi connectivity index (χ4v) is 2.67. The molecule has 1 N–H and O–H groups in total. The summed E-state index contributed by atoms with van der Waals surface area (Å²) in [7, 11) is 1.74. The molecule has 0 aromatic heterocycles. The molecule has 2 rings (SSSR count). The van der Waals surface area contributed by atoms with Gasteiger partial charge in [-0.15, -0.1) is 0 Å². The van der Waals surface area contributed by atoms with E-state index < -0.39 is 0 Å². The zero-order valence-corrected chi connectivity index (χ0v) is 12.0. The van der Waals surface area contributed by atoms with Crippen molar-refractivity contribution in [3.8, 4) is 0 Å². The van der Waals surface area contributed by atoms with Crippen molar-refractivity contribution in [2.75, 3.05) is 7.11 Å². The molecule has 0 radical (unpaired) electrons. The van der Waals surface area contributed by atoms with Gasteiger partial charge in [0.1, 0.15) is 0 Å². The van der Waals surface area contributed by atoms with Gasteiger partial charge in [0, 0.05) is 31.3 Å². The minimum atomic E-state index is -0.337. The Hall–Kier alpha value is -1.46. The highest BCUT2D eigenvalue weighted by atomic mass is 16.6. The quantitative estimate of drug-likeness (QED) is 0.614. The highest BCUT2D eigenvalue weighted by Gasteiger charge is 2.30. The third-order valence-corrected chi connectivity index (χ3v) is 3.93. The molecule has 0 spiro atoms. The number of nitrogens with zero attached hydrogens (tertiary/aromatic N) is 1. The number of hydrogen-bond acceptors (Lipinski definition) is 4. The van der Waals surface area contributed by atoms with Crippen LogP contribution in [0.3, 0.4) is 0 Å². The van der Waals surface area contributed by atoms with E-state index in [-0.39, 0.29) is 16.7 Å². The van der Waals surface area contributed by atoms with Crippen LogP contribution in [-0.2, 0) is 4.74 Å². The molecule has 1 saturated carbocycles. The van der Waals surface area contributed by atoms with E-state index in [1.807, 2.05) is 6.07 Å². The predicted molar refractivity (Wildman–Crippen MR) is 77.7 cm³/mol. The molecular weight excluding hydrogens is 256 g/mol. The minimum absolute atomic E-state index is 0.161. The SMILES string of the molecule is CCCC(NC1CC(OC)C1)c1cccc([N+](=O)[O-])c1. The van der Waals surface area contributed by atoms with E-state index in [0.29, 0.717) is 12.1 Å². The molecule has 1 aromatic rings. The standard InChI is InChI=1S/C15H22N2O3/c1-3-5-15(16-12-9-14(10-12)20-2)11-6-4-7-13(8-11)17(18)19/h4,6-8,12,14-16H,3,5,9-10H2,1-2H3. The molecule has 0 aliphatic heterocycles. The predicted octanol–water partition coefficient (Wildman–Crippen LogP) is 3.20. The lowest BCUT2D eigenvalue weighted by Crippen LogP contribution is -2.46. The Labute approximate surface area is 119 Å². The van der Waals surface area contributed by atoms with Crippen LogP contribution in [0.4, 0.5) is 5.69 Å². The summed E-state index contributed by atoms with van der Waals surface area (Å²) in [4.78, 5) is 10.5. The number of non-ortho nitro benzene ring substituents is 1. The topological polar surface area (TPSA) is 64.4 Å². The number of ether oxygens (including phenoxy) is 1.